The van der Waals surface area contributed by atoms with E-state index in [9.17, 15) is 4.79 Å². The molecule has 6 heteroatoms. The highest BCUT2D eigenvalue weighted by Gasteiger charge is 2.56. The Labute approximate surface area is 188 Å². The minimum absolute atomic E-state index is 0.0566. The van der Waals surface area contributed by atoms with Gasteiger partial charge in [-0.05, 0) is 75.3 Å². The first-order chi connectivity index (χ1) is 14.5. The molecule has 2 atom stereocenters. The van der Waals surface area contributed by atoms with E-state index < -0.39 is 0 Å². The molecule has 2 unspecified atom stereocenters. The van der Waals surface area contributed by atoms with Crippen LogP contribution in [0.1, 0.15) is 56.9 Å². The lowest BCUT2D eigenvalue weighted by atomic mass is 9.72. The summed E-state index contributed by atoms with van der Waals surface area (Å²) in [6.07, 6.45) is 8.82. The zero-order valence-corrected chi connectivity index (χ0v) is 18.7. The highest BCUT2D eigenvalue weighted by Crippen LogP contribution is 2.56. The third-order valence-electron chi connectivity index (χ3n) is 7.69. The van der Waals surface area contributed by atoms with Gasteiger partial charge in [0.25, 0.3) is 0 Å². The number of hydrogen-bond acceptors (Lipinski definition) is 4. The van der Waals surface area contributed by atoms with Gasteiger partial charge in [-0.2, -0.15) is 0 Å². The molecule has 0 aromatic heterocycles. The van der Waals surface area contributed by atoms with Gasteiger partial charge in [0.1, 0.15) is 0 Å². The molecule has 3 aliphatic carbocycles. The predicted octanol–water partition coefficient (Wildman–Crippen LogP) is 5.40. The molecule has 0 radical (unpaired) electrons. The number of nitrogens with two attached hydrogens (primary N) is 1. The molecule has 1 saturated heterocycles. The summed E-state index contributed by atoms with van der Waals surface area (Å²) >= 11 is 12.7. The zero-order valence-electron chi connectivity index (χ0n) is 17.2. The van der Waals surface area contributed by atoms with E-state index in [0.717, 1.165) is 32.3 Å². The summed E-state index contributed by atoms with van der Waals surface area (Å²) in [4.78, 5) is 13.0. The lowest BCUT2D eigenvalue weighted by molar-refractivity contribution is -0.122. The Balaban J connectivity index is 1.35. The van der Waals surface area contributed by atoms with Crippen LogP contribution in [0.25, 0.3) is 5.70 Å². The van der Waals surface area contributed by atoms with Crippen LogP contribution in [-0.4, -0.2) is 30.7 Å². The molecule has 0 amide bonds. The molecule has 1 aromatic carbocycles. The number of ketones is 1. The van der Waals surface area contributed by atoms with Crippen LogP contribution >= 0.6 is 23.2 Å². The minimum atomic E-state index is 0.0566. The average Bonchev–Trinajstić information content (AvgIpc) is 3.44. The van der Waals surface area contributed by atoms with Gasteiger partial charge < -0.3 is 15.2 Å². The lowest BCUT2D eigenvalue weighted by Crippen LogP contribution is -2.46. The van der Waals surface area contributed by atoms with Crippen LogP contribution in [0.15, 0.2) is 23.8 Å². The van der Waals surface area contributed by atoms with Gasteiger partial charge in [0.05, 0.1) is 34.1 Å². The van der Waals surface area contributed by atoms with Crippen molar-refractivity contribution in [1.29, 1.82) is 0 Å². The summed E-state index contributed by atoms with van der Waals surface area (Å²) in [5, 5.41) is 0.911. The third kappa shape index (κ3) is 3.60. The Hall–Kier alpha value is -1.07. The number of hydrogen-bond donors (Lipinski definition) is 1. The second kappa shape index (κ2) is 8.12. The first kappa shape index (κ1) is 20.8. The van der Waals surface area contributed by atoms with Gasteiger partial charge in [-0.25, -0.2) is 0 Å². The Morgan fingerprint density at radius 1 is 1.13 bits per heavy atom. The summed E-state index contributed by atoms with van der Waals surface area (Å²) in [6, 6.07) is 5.27. The van der Waals surface area contributed by atoms with Crippen molar-refractivity contribution in [2.24, 2.45) is 23.5 Å². The van der Waals surface area contributed by atoms with Gasteiger partial charge in [-0.3, -0.25) is 4.79 Å². The van der Waals surface area contributed by atoms with Crippen LogP contribution < -0.4 is 5.73 Å². The molecule has 162 valence electrons. The molecule has 30 heavy (non-hydrogen) atoms. The lowest BCUT2D eigenvalue weighted by Gasteiger charge is -2.43. The topological polar surface area (TPSA) is 61.6 Å². The summed E-state index contributed by atoms with van der Waals surface area (Å²) in [5.41, 5.74) is 8.00. The Morgan fingerprint density at radius 2 is 1.80 bits per heavy atom. The van der Waals surface area contributed by atoms with Gasteiger partial charge in [-0.1, -0.05) is 29.3 Å². The molecule has 5 rings (SSSR count). The molecule has 3 saturated carbocycles. The smallest absolute Gasteiger partial charge is 0.166 e. The second-order valence-corrected chi connectivity index (χ2v) is 10.2. The Morgan fingerprint density at radius 3 is 2.37 bits per heavy atom. The molecular weight excluding hydrogens is 421 g/mol. The molecule has 2 N–H and O–H groups in total. The summed E-state index contributed by atoms with van der Waals surface area (Å²) in [5.74, 6) is 1.29. The van der Waals surface area contributed by atoms with Crippen LogP contribution in [0.3, 0.4) is 0 Å². The van der Waals surface area contributed by atoms with Crippen LogP contribution in [-0.2, 0) is 14.3 Å². The molecule has 1 heterocycles. The van der Waals surface area contributed by atoms with E-state index >= 15 is 0 Å². The molecule has 4 fully saturated rings. The zero-order chi connectivity index (χ0) is 20.9. The largest absolute Gasteiger partial charge is 0.398 e. The number of ether oxygens (including phenoxy) is 2. The first-order valence-electron chi connectivity index (χ1n) is 11.2. The molecular formula is C24H29Cl2NO3. The van der Waals surface area contributed by atoms with Crippen molar-refractivity contribution in [2.45, 2.75) is 63.1 Å². The van der Waals surface area contributed by atoms with Gasteiger partial charge in [0, 0.05) is 23.7 Å². The molecule has 4 aliphatic rings. The SMILES string of the molecule is NC(=C(COC1CC2CCC(C1)C21CCCO1)C(=O)C1CC1)c1c(Cl)cccc1Cl. The molecule has 4 nitrogen and oxygen atoms in total. The number of rotatable bonds is 6. The first-order valence-corrected chi connectivity index (χ1v) is 12.0. The average molecular weight is 450 g/mol. The van der Waals surface area contributed by atoms with E-state index in [1.807, 2.05) is 0 Å². The predicted molar refractivity (Wildman–Crippen MR) is 118 cm³/mol. The highest BCUT2D eigenvalue weighted by molar-refractivity contribution is 6.37. The quantitative estimate of drug-likeness (QED) is 0.590. The van der Waals surface area contributed by atoms with Crippen molar-refractivity contribution in [3.63, 3.8) is 0 Å². The Kier molecular flexibility index (Phi) is 5.64. The van der Waals surface area contributed by atoms with Gasteiger partial charge in [0.2, 0.25) is 0 Å². The maximum Gasteiger partial charge on any atom is 0.166 e. The van der Waals surface area contributed by atoms with Crippen molar-refractivity contribution in [2.75, 3.05) is 13.2 Å². The fourth-order valence-corrected chi connectivity index (χ4v) is 6.63. The van der Waals surface area contributed by atoms with E-state index in [2.05, 4.69) is 0 Å². The number of halogens is 2. The van der Waals surface area contributed by atoms with E-state index in [1.165, 1.54) is 25.7 Å². The molecule has 1 spiro atoms. The van der Waals surface area contributed by atoms with Gasteiger partial charge >= 0.3 is 0 Å². The summed E-state index contributed by atoms with van der Waals surface area (Å²) in [7, 11) is 0. The fraction of sp³-hybridized carbons (Fsp3) is 0.625. The van der Waals surface area contributed by atoms with Crippen LogP contribution in [0.4, 0.5) is 0 Å². The van der Waals surface area contributed by atoms with Crippen molar-refractivity contribution in [1.82, 2.24) is 0 Å². The van der Waals surface area contributed by atoms with Crippen LogP contribution in [0, 0.1) is 17.8 Å². The fourth-order valence-electron chi connectivity index (χ4n) is 6.03. The molecule has 1 aliphatic heterocycles. The van der Waals surface area contributed by atoms with E-state index in [0.29, 0.717) is 38.7 Å². The molecule has 2 bridgehead atoms. The summed E-state index contributed by atoms with van der Waals surface area (Å²) in [6.45, 7) is 1.12. The number of carbonyl (C=O) groups is 1. The van der Waals surface area contributed by atoms with Crippen molar-refractivity contribution >= 4 is 34.7 Å². The van der Waals surface area contributed by atoms with E-state index in [4.69, 9.17) is 38.4 Å². The second-order valence-electron chi connectivity index (χ2n) is 9.41. The molecule has 1 aromatic rings. The highest BCUT2D eigenvalue weighted by atomic mass is 35.5. The number of benzene rings is 1. The number of Topliss-reactive ketones (excluding diaryl/α,β-unsaturated/α-hetero) is 1. The minimum Gasteiger partial charge on any atom is -0.398 e. The summed E-state index contributed by atoms with van der Waals surface area (Å²) < 4.78 is 12.6. The van der Waals surface area contributed by atoms with Crippen molar-refractivity contribution in [3.8, 4) is 0 Å². The third-order valence-corrected chi connectivity index (χ3v) is 8.32. The van der Waals surface area contributed by atoms with Gasteiger partial charge in [0.15, 0.2) is 5.78 Å². The van der Waals surface area contributed by atoms with Crippen LogP contribution in [0.5, 0.6) is 0 Å². The van der Waals surface area contributed by atoms with E-state index in [-0.39, 0.29) is 30.0 Å². The standard InChI is InChI=1S/C24H29Cl2NO3/c25-19-3-1-4-20(26)21(19)22(27)18(23(28)14-5-6-14)13-29-17-11-15-7-8-16(12-17)24(15)9-2-10-30-24/h1,3-4,14-17H,2,5-13,27H2. The maximum absolute atomic E-state index is 13.0. The Bertz CT molecular complexity index is 837. The maximum atomic E-state index is 13.0. The normalized spacial score (nSPS) is 33.7. The monoisotopic (exact) mass is 449 g/mol. The van der Waals surface area contributed by atoms with Crippen LogP contribution in [0.2, 0.25) is 10.0 Å². The van der Waals surface area contributed by atoms with Crippen molar-refractivity contribution < 1.29 is 14.3 Å². The van der Waals surface area contributed by atoms with E-state index in [1.54, 1.807) is 18.2 Å². The van der Waals surface area contributed by atoms with Crippen molar-refractivity contribution in [3.05, 3.63) is 39.4 Å². The number of carbonyl (C=O) groups excluding carboxylic acids is 1. The van der Waals surface area contributed by atoms with Gasteiger partial charge in [-0.15, -0.1) is 0 Å².